The highest BCUT2D eigenvalue weighted by atomic mass is 16.4. The molecule has 24 heavy (non-hydrogen) atoms. The third kappa shape index (κ3) is 4.01. The van der Waals surface area contributed by atoms with Crippen molar-refractivity contribution in [3.05, 3.63) is 47.8 Å². The van der Waals surface area contributed by atoms with Gasteiger partial charge in [0.15, 0.2) is 0 Å². The molecule has 0 saturated heterocycles. The van der Waals surface area contributed by atoms with Gasteiger partial charge in [-0.25, -0.2) is 4.68 Å². The normalized spacial score (nSPS) is 10.6. The first-order chi connectivity index (χ1) is 11.6. The molecule has 6 nitrogen and oxygen atoms in total. The second-order valence-electron chi connectivity index (χ2n) is 5.62. The minimum Gasteiger partial charge on any atom is -0.480 e. The lowest BCUT2D eigenvalue weighted by atomic mass is 10.1. The fourth-order valence-corrected chi connectivity index (χ4v) is 2.68. The maximum absolute atomic E-state index is 12.8. The number of carbonyl (C=O) groups excluding carboxylic acids is 1. The fourth-order valence-electron chi connectivity index (χ4n) is 2.68. The van der Waals surface area contributed by atoms with Crippen LogP contribution in [0.5, 0.6) is 0 Å². The number of aromatic nitrogens is 2. The number of rotatable bonds is 8. The van der Waals surface area contributed by atoms with E-state index in [2.05, 4.69) is 5.10 Å². The average molecular weight is 329 g/mol. The molecule has 2 rings (SSSR count). The summed E-state index contributed by atoms with van der Waals surface area (Å²) in [7, 11) is 0. The molecule has 1 aromatic carbocycles. The number of hydrogen-bond donors (Lipinski definition) is 1. The number of carbonyl (C=O) groups is 2. The maximum Gasteiger partial charge on any atom is 0.323 e. The standard InChI is InChI=1S/C18H23N3O3/c1-3-8-16-15(18(24)20(11-4-2)13-17(22)23)12-19-21(16)14-9-6-5-7-10-14/h5-7,9-10,12H,3-4,8,11,13H2,1-2H3,(H,22,23). The Morgan fingerprint density at radius 2 is 1.88 bits per heavy atom. The molecule has 0 bridgehead atoms. The Kier molecular flexibility index (Phi) is 6.12. The van der Waals surface area contributed by atoms with Crippen molar-refractivity contribution >= 4 is 11.9 Å². The molecule has 0 radical (unpaired) electrons. The summed E-state index contributed by atoms with van der Waals surface area (Å²) in [6.45, 7) is 4.07. The van der Waals surface area contributed by atoms with Crippen molar-refractivity contribution in [1.82, 2.24) is 14.7 Å². The number of carboxylic acid groups (broad SMARTS) is 1. The number of amides is 1. The van der Waals surface area contributed by atoms with Crippen LogP contribution in [-0.2, 0) is 11.2 Å². The smallest absolute Gasteiger partial charge is 0.323 e. The zero-order valence-electron chi connectivity index (χ0n) is 14.1. The first-order valence-corrected chi connectivity index (χ1v) is 8.21. The molecule has 1 amide bonds. The van der Waals surface area contributed by atoms with Crippen LogP contribution in [-0.4, -0.2) is 44.8 Å². The van der Waals surface area contributed by atoms with E-state index in [1.165, 1.54) is 4.90 Å². The lowest BCUT2D eigenvalue weighted by molar-refractivity contribution is -0.137. The highest BCUT2D eigenvalue weighted by Crippen LogP contribution is 2.18. The van der Waals surface area contributed by atoms with E-state index in [4.69, 9.17) is 5.11 Å². The summed E-state index contributed by atoms with van der Waals surface area (Å²) in [6, 6.07) is 9.63. The van der Waals surface area contributed by atoms with E-state index in [0.29, 0.717) is 24.9 Å². The van der Waals surface area contributed by atoms with Gasteiger partial charge in [-0.15, -0.1) is 0 Å². The first kappa shape index (κ1) is 17.7. The second kappa shape index (κ2) is 8.29. The van der Waals surface area contributed by atoms with E-state index in [9.17, 15) is 9.59 Å². The molecule has 1 aromatic heterocycles. The lowest BCUT2D eigenvalue weighted by Crippen LogP contribution is -2.36. The molecule has 0 fully saturated rings. The van der Waals surface area contributed by atoms with Crippen LogP contribution in [0, 0.1) is 0 Å². The number of carboxylic acids is 1. The van der Waals surface area contributed by atoms with E-state index in [0.717, 1.165) is 17.8 Å². The van der Waals surface area contributed by atoms with Crippen molar-refractivity contribution in [2.75, 3.05) is 13.1 Å². The van der Waals surface area contributed by atoms with Crippen LogP contribution in [0.4, 0.5) is 0 Å². The van der Waals surface area contributed by atoms with E-state index < -0.39 is 5.97 Å². The van der Waals surface area contributed by atoms with Gasteiger partial charge in [0.05, 0.1) is 23.1 Å². The van der Waals surface area contributed by atoms with Gasteiger partial charge in [-0.3, -0.25) is 9.59 Å². The van der Waals surface area contributed by atoms with Crippen LogP contribution in [0.3, 0.4) is 0 Å². The van der Waals surface area contributed by atoms with Crippen molar-refractivity contribution in [1.29, 1.82) is 0 Å². The van der Waals surface area contributed by atoms with E-state index in [1.54, 1.807) is 10.9 Å². The highest BCUT2D eigenvalue weighted by Gasteiger charge is 2.23. The van der Waals surface area contributed by atoms with Crippen molar-refractivity contribution in [2.24, 2.45) is 0 Å². The van der Waals surface area contributed by atoms with Gasteiger partial charge in [-0.2, -0.15) is 5.10 Å². The quantitative estimate of drug-likeness (QED) is 0.808. The van der Waals surface area contributed by atoms with Gasteiger partial charge in [0.1, 0.15) is 6.54 Å². The first-order valence-electron chi connectivity index (χ1n) is 8.21. The predicted molar refractivity (Wildman–Crippen MR) is 91.4 cm³/mol. The van der Waals surface area contributed by atoms with E-state index >= 15 is 0 Å². The summed E-state index contributed by atoms with van der Waals surface area (Å²) in [5.74, 6) is -1.28. The molecule has 0 unspecified atom stereocenters. The number of benzene rings is 1. The van der Waals surface area contributed by atoms with Crippen LogP contribution in [0.2, 0.25) is 0 Å². The Bertz CT molecular complexity index is 695. The van der Waals surface area contributed by atoms with Gasteiger partial charge in [-0.05, 0) is 25.0 Å². The summed E-state index contributed by atoms with van der Waals surface area (Å²) in [4.78, 5) is 25.2. The SMILES string of the molecule is CCCc1c(C(=O)N(CCC)CC(=O)O)cnn1-c1ccccc1. The summed E-state index contributed by atoms with van der Waals surface area (Å²) in [6.07, 6.45) is 3.81. The molecule has 1 heterocycles. The molecule has 0 aliphatic rings. The largest absolute Gasteiger partial charge is 0.480 e. The molecule has 0 atom stereocenters. The number of nitrogens with zero attached hydrogens (tertiary/aromatic N) is 3. The van der Waals surface area contributed by atoms with Gasteiger partial charge in [0.2, 0.25) is 0 Å². The van der Waals surface area contributed by atoms with Gasteiger partial charge < -0.3 is 10.0 Å². The van der Waals surface area contributed by atoms with E-state index in [1.807, 2.05) is 44.2 Å². The summed E-state index contributed by atoms with van der Waals surface area (Å²) < 4.78 is 1.77. The van der Waals surface area contributed by atoms with Crippen molar-refractivity contribution in [2.45, 2.75) is 33.1 Å². The molecule has 2 aromatic rings. The second-order valence-corrected chi connectivity index (χ2v) is 5.62. The van der Waals surface area contributed by atoms with Gasteiger partial charge in [0.25, 0.3) is 5.91 Å². The van der Waals surface area contributed by atoms with Crippen LogP contribution in [0.25, 0.3) is 5.69 Å². The van der Waals surface area contributed by atoms with Crippen molar-refractivity contribution < 1.29 is 14.7 Å². The Labute approximate surface area is 141 Å². The summed E-state index contributed by atoms with van der Waals surface area (Å²) in [5, 5.41) is 13.4. The molecule has 0 aliphatic heterocycles. The van der Waals surface area contributed by atoms with Crippen LogP contribution >= 0.6 is 0 Å². The fraction of sp³-hybridized carbons (Fsp3) is 0.389. The van der Waals surface area contributed by atoms with Crippen LogP contribution < -0.4 is 0 Å². The minimum atomic E-state index is -1.01. The van der Waals surface area contributed by atoms with Crippen molar-refractivity contribution in [3.8, 4) is 5.69 Å². The Hall–Kier alpha value is -2.63. The monoisotopic (exact) mass is 329 g/mol. The molecular weight excluding hydrogens is 306 g/mol. The molecule has 0 aliphatic carbocycles. The van der Waals surface area contributed by atoms with E-state index in [-0.39, 0.29) is 12.5 Å². The van der Waals surface area contributed by atoms with Gasteiger partial charge in [0, 0.05) is 6.54 Å². The summed E-state index contributed by atoms with van der Waals surface area (Å²) in [5.41, 5.74) is 2.19. The van der Waals surface area contributed by atoms with Gasteiger partial charge in [-0.1, -0.05) is 38.5 Å². The third-order valence-electron chi connectivity index (χ3n) is 3.69. The number of aliphatic carboxylic acids is 1. The van der Waals surface area contributed by atoms with Gasteiger partial charge >= 0.3 is 5.97 Å². The molecule has 6 heteroatoms. The lowest BCUT2D eigenvalue weighted by Gasteiger charge is -2.20. The Balaban J connectivity index is 2.40. The Morgan fingerprint density at radius 3 is 2.46 bits per heavy atom. The minimum absolute atomic E-state index is 0.273. The Morgan fingerprint density at radius 1 is 1.17 bits per heavy atom. The maximum atomic E-state index is 12.8. The summed E-state index contributed by atoms with van der Waals surface area (Å²) >= 11 is 0. The third-order valence-corrected chi connectivity index (χ3v) is 3.69. The molecular formula is C18H23N3O3. The number of hydrogen-bond acceptors (Lipinski definition) is 3. The topological polar surface area (TPSA) is 75.4 Å². The molecule has 0 saturated carbocycles. The van der Waals surface area contributed by atoms with Crippen LogP contribution in [0.1, 0.15) is 42.7 Å². The molecule has 128 valence electrons. The zero-order valence-corrected chi connectivity index (χ0v) is 14.1. The average Bonchev–Trinajstić information content (AvgIpc) is 2.98. The molecule has 0 spiro atoms. The van der Waals surface area contributed by atoms with Crippen molar-refractivity contribution in [3.63, 3.8) is 0 Å². The number of para-hydroxylation sites is 1. The van der Waals surface area contributed by atoms with Crippen LogP contribution in [0.15, 0.2) is 36.5 Å². The molecule has 1 N–H and O–H groups in total. The zero-order chi connectivity index (χ0) is 17.5. The highest BCUT2D eigenvalue weighted by molar-refractivity contribution is 5.96. The predicted octanol–water partition coefficient (Wildman–Crippen LogP) is 2.76.